The number of nitrogens with one attached hydrogen (secondary N) is 2. The van der Waals surface area contributed by atoms with Gasteiger partial charge in [-0.1, -0.05) is 23.2 Å². The monoisotopic (exact) mass is 486 g/mol. The molecule has 1 atom stereocenters. The van der Waals surface area contributed by atoms with Gasteiger partial charge in [-0.3, -0.25) is 9.59 Å². The Bertz CT molecular complexity index is 1130. The second kappa shape index (κ2) is 8.49. The number of benzene rings is 1. The normalized spacial score (nSPS) is 19.9. The number of hydrogen-bond acceptors (Lipinski definition) is 5. The van der Waals surface area contributed by atoms with E-state index >= 15 is 0 Å². The van der Waals surface area contributed by atoms with Gasteiger partial charge in [0.15, 0.2) is 9.84 Å². The van der Waals surface area contributed by atoms with Crippen LogP contribution in [0.3, 0.4) is 0 Å². The van der Waals surface area contributed by atoms with Gasteiger partial charge in [0, 0.05) is 15.9 Å². The Balaban J connectivity index is 1.62. The molecule has 0 saturated carbocycles. The maximum Gasteiger partial charge on any atom is 0.257 e. The molecular formula is C20H20Cl2N2O4S2. The SMILES string of the molecule is O=C(Nc1sc2c(c1C(=O)N[C@H]1CCS(=O)(=O)C1)CCCC2)c1ccc(Cl)cc1Cl. The minimum atomic E-state index is -3.11. The molecule has 1 fully saturated rings. The lowest BCUT2D eigenvalue weighted by Gasteiger charge is -2.15. The Morgan fingerprint density at radius 3 is 2.57 bits per heavy atom. The smallest absolute Gasteiger partial charge is 0.257 e. The zero-order valence-electron chi connectivity index (χ0n) is 16.0. The topological polar surface area (TPSA) is 92.3 Å². The van der Waals surface area contributed by atoms with E-state index in [0.29, 0.717) is 22.0 Å². The molecule has 0 radical (unpaired) electrons. The number of fused-ring (bicyclic) bond motifs is 1. The minimum Gasteiger partial charge on any atom is -0.348 e. The summed E-state index contributed by atoms with van der Waals surface area (Å²) in [7, 11) is -3.11. The number of aryl methyl sites for hydroxylation is 1. The Hall–Kier alpha value is -1.61. The van der Waals surface area contributed by atoms with Crippen molar-refractivity contribution in [3.63, 3.8) is 0 Å². The fourth-order valence-electron chi connectivity index (χ4n) is 3.90. The summed E-state index contributed by atoms with van der Waals surface area (Å²) in [6, 6.07) is 4.20. The first kappa shape index (κ1) is 21.6. The summed E-state index contributed by atoms with van der Waals surface area (Å²) in [5.74, 6) is -0.729. The maximum absolute atomic E-state index is 13.1. The second-order valence-electron chi connectivity index (χ2n) is 7.57. The predicted octanol–water partition coefficient (Wildman–Crippen LogP) is 4.10. The first-order valence-electron chi connectivity index (χ1n) is 9.66. The average Bonchev–Trinajstić information content (AvgIpc) is 3.20. The molecule has 1 aliphatic heterocycles. The largest absolute Gasteiger partial charge is 0.348 e. The molecule has 2 heterocycles. The van der Waals surface area contributed by atoms with Crippen molar-refractivity contribution in [1.82, 2.24) is 5.32 Å². The summed E-state index contributed by atoms with van der Waals surface area (Å²) in [6.07, 6.45) is 4.03. The molecule has 4 rings (SSSR count). The zero-order chi connectivity index (χ0) is 21.5. The van der Waals surface area contributed by atoms with Crippen molar-refractivity contribution < 1.29 is 18.0 Å². The van der Waals surface area contributed by atoms with Crippen LogP contribution in [-0.2, 0) is 22.7 Å². The molecule has 1 aromatic carbocycles. The third kappa shape index (κ3) is 4.51. The summed E-state index contributed by atoms with van der Waals surface area (Å²) in [5.41, 5.74) is 1.65. The van der Waals surface area contributed by atoms with Crippen LogP contribution in [0.1, 0.15) is 50.4 Å². The van der Waals surface area contributed by atoms with Gasteiger partial charge in [-0.25, -0.2) is 8.42 Å². The van der Waals surface area contributed by atoms with Crippen molar-refractivity contribution in [2.45, 2.75) is 38.1 Å². The third-order valence-electron chi connectivity index (χ3n) is 5.37. The van der Waals surface area contributed by atoms with Crippen LogP contribution >= 0.6 is 34.5 Å². The fourth-order valence-corrected chi connectivity index (χ4v) is 7.35. The van der Waals surface area contributed by atoms with Gasteiger partial charge >= 0.3 is 0 Å². The molecule has 10 heteroatoms. The Kier molecular flexibility index (Phi) is 6.12. The van der Waals surface area contributed by atoms with Crippen LogP contribution in [0.25, 0.3) is 0 Å². The highest BCUT2D eigenvalue weighted by molar-refractivity contribution is 7.91. The highest BCUT2D eigenvalue weighted by Gasteiger charge is 2.32. The van der Waals surface area contributed by atoms with Crippen molar-refractivity contribution in [2.24, 2.45) is 0 Å². The van der Waals surface area contributed by atoms with Crippen molar-refractivity contribution in [3.8, 4) is 0 Å². The quantitative estimate of drug-likeness (QED) is 0.679. The van der Waals surface area contributed by atoms with Crippen LogP contribution in [0, 0.1) is 0 Å². The first-order valence-corrected chi connectivity index (χ1v) is 13.0. The van der Waals surface area contributed by atoms with Gasteiger partial charge in [-0.15, -0.1) is 11.3 Å². The number of hydrogen-bond donors (Lipinski definition) is 2. The average molecular weight is 487 g/mol. The van der Waals surface area contributed by atoms with E-state index in [4.69, 9.17) is 23.2 Å². The molecule has 30 heavy (non-hydrogen) atoms. The van der Waals surface area contributed by atoms with Crippen molar-refractivity contribution >= 4 is 61.2 Å². The molecule has 2 amide bonds. The van der Waals surface area contributed by atoms with E-state index in [1.165, 1.54) is 23.5 Å². The molecule has 2 N–H and O–H groups in total. The summed E-state index contributed by atoms with van der Waals surface area (Å²) < 4.78 is 23.5. The van der Waals surface area contributed by atoms with Crippen molar-refractivity contribution in [1.29, 1.82) is 0 Å². The molecular weight excluding hydrogens is 467 g/mol. The minimum absolute atomic E-state index is 0.0485. The van der Waals surface area contributed by atoms with Crippen LogP contribution in [0.4, 0.5) is 5.00 Å². The molecule has 1 aliphatic carbocycles. The lowest BCUT2D eigenvalue weighted by Crippen LogP contribution is -2.36. The second-order valence-corrected chi connectivity index (χ2v) is 11.7. The van der Waals surface area contributed by atoms with Gasteiger partial charge in [0.05, 0.1) is 27.7 Å². The Morgan fingerprint density at radius 1 is 1.10 bits per heavy atom. The predicted molar refractivity (Wildman–Crippen MR) is 120 cm³/mol. The van der Waals surface area contributed by atoms with Crippen LogP contribution in [0.15, 0.2) is 18.2 Å². The van der Waals surface area contributed by atoms with E-state index in [1.807, 2.05) is 0 Å². The van der Waals surface area contributed by atoms with Crippen molar-refractivity contribution in [3.05, 3.63) is 49.8 Å². The molecule has 1 aromatic heterocycles. The van der Waals surface area contributed by atoms with Crippen LogP contribution in [-0.4, -0.2) is 37.8 Å². The third-order valence-corrected chi connectivity index (χ3v) is 8.89. The highest BCUT2D eigenvalue weighted by Crippen LogP contribution is 2.39. The fraction of sp³-hybridized carbons (Fsp3) is 0.400. The number of carbonyl (C=O) groups excluding carboxylic acids is 2. The van der Waals surface area contributed by atoms with E-state index in [-0.39, 0.29) is 28.0 Å². The van der Waals surface area contributed by atoms with Gasteiger partial charge in [-0.05, 0) is 55.9 Å². The summed E-state index contributed by atoms with van der Waals surface area (Å²) in [4.78, 5) is 27.0. The summed E-state index contributed by atoms with van der Waals surface area (Å²) >= 11 is 13.5. The number of sulfone groups is 1. The molecule has 6 nitrogen and oxygen atoms in total. The number of amides is 2. The van der Waals surface area contributed by atoms with Crippen LogP contribution < -0.4 is 10.6 Å². The number of carbonyl (C=O) groups is 2. The maximum atomic E-state index is 13.1. The van der Waals surface area contributed by atoms with Gasteiger partial charge in [0.1, 0.15) is 5.00 Å². The van der Waals surface area contributed by atoms with Gasteiger partial charge in [0.25, 0.3) is 11.8 Å². The molecule has 2 aliphatic rings. The molecule has 0 unspecified atom stereocenters. The summed E-state index contributed by atoms with van der Waals surface area (Å²) in [5, 5.41) is 6.81. The van der Waals surface area contributed by atoms with Gasteiger partial charge in [-0.2, -0.15) is 0 Å². The standard InChI is InChI=1S/C20H20Cl2N2O4S2/c21-11-5-6-13(15(22)9-11)18(25)24-20-17(14-3-1-2-4-16(14)29-20)19(26)23-12-7-8-30(27,28)10-12/h5-6,9,12H,1-4,7-8,10H2,(H,23,26)(H,24,25)/t12-/m0/s1. The van der Waals surface area contributed by atoms with Gasteiger partial charge < -0.3 is 10.6 Å². The number of halogens is 2. The zero-order valence-corrected chi connectivity index (χ0v) is 19.1. The molecule has 0 spiro atoms. The van der Waals surface area contributed by atoms with Crippen molar-refractivity contribution in [2.75, 3.05) is 16.8 Å². The molecule has 2 aromatic rings. The molecule has 0 bridgehead atoms. The van der Waals surface area contributed by atoms with E-state index in [2.05, 4.69) is 10.6 Å². The summed E-state index contributed by atoms with van der Waals surface area (Å²) in [6.45, 7) is 0. The van der Waals surface area contributed by atoms with E-state index < -0.39 is 21.8 Å². The number of thiophene rings is 1. The van der Waals surface area contributed by atoms with Gasteiger partial charge in [0.2, 0.25) is 0 Å². The Labute approximate surface area is 188 Å². The molecule has 1 saturated heterocycles. The molecule has 160 valence electrons. The van der Waals surface area contributed by atoms with E-state index in [1.54, 1.807) is 6.07 Å². The number of anilines is 1. The highest BCUT2D eigenvalue weighted by atomic mass is 35.5. The lowest BCUT2D eigenvalue weighted by molar-refractivity contribution is 0.0941. The van der Waals surface area contributed by atoms with E-state index in [9.17, 15) is 18.0 Å². The van der Waals surface area contributed by atoms with Crippen LogP contribution in [0.5, 0.6) is 0 Å². The Morgan fingerprint density at radius 2 is 1.87 bits per heavy atom. The number of rotatable bonds is 4. The van der Waals surface area contributed by atoms with Crippen LogP contribution in [0.2, 0.25) is 10.0 Å². The van der Waals surface area contributed by atoms with E-state index in [0.717, 1.165) is 36.1 Å². The lowest BCUT2D eigenvalue weighted by atomic mass is 9.95. The first-order chi connectivity index (χ1) is 14.2.